The first-order valence-corrected chi connectivity index (χ1v) is 7.10. The van der Waals surface area contributed by atoms with Crippen molar-refractivity contribution in [2.75, 3.05) is 5.32 Å². The van der Waals surface area contributed by atoms with E-state index in [0.717, 1.165) is 37.8 Å². The van der Waals surface area contributed by atoms with Gasteiger partial charge in [0.05, 0.1) is 11.3 Å². The van der Waals surface area contributed by atoms with Gasteiger partial charge >= 0.3 is 12.2 Å². The summed E-state index contributed by atoms with van der Waals surface area (Å²) in [5.41, 5.74) is -0.688. The SMILES string of the molecule is O=C(Nc1cc(C(F)(F)F)ccc1Br)NC1CCCC1. The van der Waals surface area contributed by atoms with Gasteiger partial charge in [-0.25, -0.2) is 4.79 Å². The number of rotatable bonds is 2. The molecule has 3 nitrogen and oxygen atoms in total. The second-order valence-corrected chi connectivity index (χ2v) is 5.63. The second-order valence-electron chi connectivity index (χ2n) is 4.77. The number of alkyl halides is 3. The van der Waals surface area contributed by atoms with Gasteiger partial charge in [0, 0.05) is 10.5 Å². The molecule has 0 atom stereocenters. The molecule has 0 radical (unpaired) electrons. The molecular formula is C13H14BrF3N2O. The Bertz CT molecular complexity index is 499. The summed E-state index contributed by atoms with van der Waals surface area (Å²) in [6.45, 7) is 0. The average Bonchev–Trinajstić information content (AvgIpc) is 2.83. The molecule has 1 saturated carbocycles. The molecule has 2 rings (SSSR count). The van der Waals surface area contributed by atoms with Crippen molar-refractivity contribution in [2.45, 2.75) is 37.9 Å². The van der Waals surface area contributed by atoms with Gasteiger partial charge in [0.1, 0.15) is 0 Å². The zero-order valence-corrected chi connectivity index (χ0v) is 12.1. The zero-order valence-electron chi connectivity index (χ0n) is 10.6. The Morgan fingerprint density at radius 2 is 1.90 bits per heavy atom. The number of hydrogen-bond donors (Lipinski definition) is 2. The molecule has 1 aliphatic rings. The van der Waals surface area contributed by atoms with Crippen LogP contribution in [0.2, 0.25) is 0 Å². The van der Waals surface area contributed by atoms with E-state index >= 15 is 0 Å². The van der Waals surface area contributed by atoms with Crippen LogP contribution in [0.15, 0.2) is 22.7 Å². The van der Waals surface area contributed by atoms with Crippen LogP contribution in [0.25, 0.3) is 0 Å². The molecule has 110 valence electrons. The fourth-order valence-corrected chi connectivity index (χ4v) is 2.56. The largest absolute Gasteiger partial charge is 0.416 e. The van der Waals surface area contributed by atoms with E-state index in [4.69, 9.17) is 0 Å². The van der Waals surface area contributed by atoms with Crippen molar-refractivity contribution in [2.24, 2.45) is 0 Å². The molecule has 1 aromatic carbocycles. The number of urea groups is 1. The molecule has 7 heteroatoms. The van der Waals surface area contributed by atoms with Crippen molar-refractivity contribution in [3.8, 4) is 0 Å². The van der Waals surface area contributed by atoms with E-state index in [2.05, 4.69) is 26.6 Å². The van der Waals surface area contributed by atoms with Crippen molar-refractivity contribution < 1.29 is 18.0 Å². The van der Waals surface area contributed by atoms with Crippen molar-refractivity contribution in [3.63, 3.8) is 0 Å². The number of amides is 2. The Labute approximate surface area is 123 Å². The Balaban J connectivity index is 2.06. The van der Waals surface area contributed by atoms with Crippen molar-refractivity contribution in [1.29, 1.82) is 0 Å². The highest BCUT2D eigenvalue weighted by molar-refractivity contribution is 9.10. The van der Waals surface area contributed by atoms with Gasteiger partial charge in [0.25, 0.3) is 0 Å². The summed E-state index contributed by atoms with van der Waals surface area (Å²) in [4.78, 5) is 11.8. The lowest BCUT2D eigenvalue weighted by Crippen LogP contribution is -2.36. The summed E-state index contributed by atoms with van der Waals surface area (Å²) in [6, 6.07) is 2.78. The number of hydrogen-bond acceptors (Lipinski definition) is 1. The highest BCUT2D eigenvalue weighted by Gasteiger charge is 2.31. The van der Waals surface area contributed by atoms with Crippen LogP contribution in [0, 0.1) is 0 Å². The zero-order chi connectivity index (χ0) is 14.8. The number of halogens is 4. The standard InChI is InChI=1S/C13H14BrF3N2O/c14-10-6-5-8(13(15,16)17)7-11(10)19-12(20)18-9-3-1-2-4-9/h5-7,9H,1-4H2,(H2,18,19,20). The predicted molar refractivity (Wildman–Crippen MR) is 73.6 cm³/mol. The normalized spacial score (nSPS) is 16.2. The molecular weight excluding hydrogens is 337 g/mol. The smallest absolute Gasteiger partial charge is 0.335 e. The molecule has 0 heterocycles. The fourth-order valence-electron chi connectivity index (χ4n) is 2.21. The number of carbonyl (C=O) groups excluding carboxylic acids is 1. The third-order valence-corrected chi connectivity index (χ3v) is 3.92. The predicted octanol–water partition coefficient (Wildman–Crippen LogP) is 4.53. The van der Waals surface area contributed by atoms with Gasteiger partial charge in [0.15, 0.2) is 0 Å². The van der Waals surface area contributed by atoms with Gasteiger partial charge in [-0.05, 0) is 47.0 Å². The summed E-state index contributed by atoms with van der Waals surface area (Å²) in [7, 11) is 0. The van der Waals surface area contributed by atoms with Gasteiger partial charge < -0.3 is 10.6 Å². The number of benzene rings is 1. The molecule has 0 aromatic heterocycles. The minimum Gasteiger partial charge on any atom is -0.335 e. The van der Waals surface area contributed by atoms with E-state index in [1.165, 1.54) is 6.07 Å². The molecule has 0 spiro atoms. The highest BCUT2D eigenvalue weighted by atomic mass is 79.9. The number of nitrogens with one attached hydrogen (secondary N) is 2. The van der Waals surface area contributed by atoms with Crippen LogP contribution in [0.5, 0.6) is 0 Å². The molecule has 1 aromatic rings. The maximum absolute atomic E-state index is 12.6. The molecule has 2 amide bonds. The summed E-state index contributed by atoms with van der Waals surface area (Å²) < 4.78 is 38.3. The van der Waals surface area contributed by atoms with Crippen molar-refractivity contribution >= 4 is 27.6 Å². The van der Waals surface area contributed by atoms with E-state index in [9.17, 15) is 18.0 Å². The lowest BCUT2D eigenvalue weighted by molar-refractivity contribution is -0.137. The minimum absolute atomic E-state index is 0.107. The second kappa shape index (κ2) is 6.03. The number of anilines is 1. The summed E-state index contributed by atoms with van der Waals surface area (Å²) in [5, 5.41) is 5.21. The summed E-state index contributed by atoms with van der Waals surface area (Å²) in [6.07, 6.45) is -0.468. The molecule has 0 unspecified atom stereocenters. The van der Waals surface area contributed by atoms with Crippen LogP contribution in [-0.2, 0) is 6.18 Å². The van der Waals surface area contributed by atoms with Crippen LogP contribution in [0.3, 0.4) is 0 Å². The first-order valence-electron chi connectivity index (χ1n) is 6.30. The van der Waals surface area contributed by atoms with Crippen molar-refractivity contribution in [3.05, 3.63) is 28.2 Å². The Morgan fingerprint density at radius 1 is 1.25 bits per heavy atom. The van der Waals surface area contributed by atoms with E-state index in [0.29, 0.717) is 4.47 Å². The highest BCUT2D eigenvalue weighted by Crippen LogP contribution is 2.34. The van der Waals surface area contributed by atoms with E-state index < -0.39 is 17.8 Å². The monoisotopic (exact) mass is 350 g/mol. The minimum atomic E-state index is -4.43. The Hall–Kier alpha value is -1.24. The fraction of sp³-hybridized carbons (Fsp3) is 0.462. The van der Waals surface area contributed by atoms with Gasteiger partial charge in [-0.15, -0.1) is 0 Å². The molecule has 0 saturated heterocycles. The quantitative estimate of drug-likeness (QED) is 0.808. The van der Waals surface area contributed by atoms with Crippen LogP contribution >= 0.6 is 15.9 Å². The molecule has 1 aliphatic carbocycles. The van der Waals surface area contributed by atoms with Gasteiger partial charge in [-0.3, -0.25) is 0 Å². The lowest BCUT2D eigenvalue weighted by Gasteiger charge is -2.15. The van der Waals surface area contributed by atoms with E-state index in [-0.39, 0.29) is 11.7 Å². The lowest BCUT2D eigenvalue weighted by atomic mass is 10.2. The van der Waals surface area contributed by atoms with E-state index in [1.807, 2.05) is 0 Å². The summed E-state index contributed by atoms with van der Waals surface area (Å²) >= 11 is 3.13. The maximum atomic E-state index is 12.6. The third kappa shape index (κ3) is 3.88. The van der Waals surface area contributed by atoms with Crippen LogP contribution in [0.1, 0.15) is 31.2 Å². The topological polar surface area (TPSA) is 41.1 Å². The first-order chi connectivity index (χ1) is 9.36. The van der Waals surface area contributed by atoms with Gasteiger partial charge in [0.2, 0.25) is 0 Å². The van der Waals surface area contributed by atoms with Crippen LogP contribution in [0.4, 0.5) is 23.7 Å². The Kier molecular flexibility index (Phi) is 4.57. The third-order valence-electron chi connectivity index (χ3n) is 3.23. The first kappa shape index (κ1) is 15.2. The molecule has 0 bridgehead atoms. The van der Waals surface area contributed by atoms with Crippen LogP contribution < -0.4 is 10.6 Å². The molecule has 0 aliphatic heterocycles. The maximum Gasteiger partial charge on any atom is 0.416 e. The molecule has 2 N–H and O–H groups in total. The van der Waals surface area contributed by atoms with Gasteiger partial charge in [-0.2, -0.15) is 13.2 Å². The van der Waals surface area contributed by atoms with Gasteiger partial charge in [-0.1, -0.05) is 12.8 Å². The van der Waals surface area contributed by atoms with Crippen molar-refractivity contribution in [1.82, 2.24) is 5.32 Å². The molecule has 1 fully saturated rings. The Morgan fingerprint density at radius 3 is 2.50 bits per heavy atom. The summed E-state index contributed by atoms with van der Waals surface area (Å²) in [5.74, 6) is 0. The van der Waals surface area contributed by atoms with Crippen LogP contribution in [-0.4, -0.2) is 12.1 Å². The van der Waals surface area contributed by atoms with E-state index in [1.54, 1.807) is 0 Å². The number of carbonyl (C=O) groups is 1. The average molecular weight is 351 g/mol. The molecule has 20 heavy (non-hydrogen) atoms.